The van der Waals surface area contributed by atoms with E-state index in [1.54, 1.807) is 7.11 Å². The van der Waals surface area contributed by atoms with Crippen LogP contribution in [-0.4, -0.2) is 64.5 Å². The van der Waals surface area contributed by atoms with Crippen LogP contribution in [0.2, 0.25) is 0 Å². The van der Waals surface area contributed by atoms with Crippen LogP contribution in [0.1, 0.15) is 31.4 Å². The van der Waals surface area contributed by atoms with Gasteiger partial charge in [0.05, 0.1) is 19.8 Å². The summed E-state index contributed by atoms with van der Waals surface area (Å²) < 4.78 is 10.7. The fraction of sp³-hybridized carbons (Fsp3) is 0.667. The van der Waals surface area contributed by atoms with E-state index >= 15 is 0 Å². The second-order valence-corrected chi connectivity index (χ2v) is 7.82. The van der Waals surface area contributed by atoms with Crippen molar-refractivity contribution in [3.8, 4) is 0 Å². The molecule has 0 aliphatic carbocycles. The molecule has 2 rings (SSSR count). The molecule has 0 spiro atoms. The van der Waals surface area contributed by atoms with Crippen LogP contribution >= 0.6 is 0 Å². The van der Waals surface area contributed by atoms with Crippen LogP contribution < -0.4 is 5.32 Å². The van der Waals surface area contributed by atoms with E-state index in [4.69, 9.17) is 9.47 Å². The van der Waals surface area contributed by atoms with Gasteiger partial charge in [0.25, 0.3) is 0 Å². The molecule has 1 heterocycles. The number of methoxy groups -OCH3 is 1. The standard InChI is InChI=1S/C21H35N3O2/c1-17-6-8-19(9-7-17)21(2,3)16-23-20(22-4)24-11-10-18(14-24)15-26-13-12-25-5/h6-9,18H,10-16H2,1-5H3,(H,22,23). The minimum Gasteiger partial charge on any atom is -0.382 e. The van der Waals surface area contributed by atoms with E-state index in [9.17, 15) is 0 Å². The molecule has 1 atom stereocenters. The summed E-state index contributed by atoms with van der Waals surface area (Å²) in [5.74, 6) is 1.56. The average Bonchev–Trinajstić information content (AvgIpc) is 3.08. The van der Waals surface area contributed by atoms with Crippen molar-refractivity contribution in [2.75, 3.05) is 53.6 Å². The van der Waals surface area contributed by atoms with Crippen LogP contribution in [0.5, 0.6) is 0 Å². The third kappa shape index (κ3) is 5.99. The molecule has 146 valence electrons. The molecule has 0 amide bonds. The highest BCUT2D eigenvalue weighted by atomic mass is 16.5. The molecule has 26 heavy (non-hydrogen) atoms. The monoisotopic (exact) mass is 361 g/mol. The summed E-state index contributed by atoms with van der Waals surface area (Å²) >= 11 is 0. The van der Waals surface area contributed by atoms with Crippen molar-refractivity contribution in [3.05, 3.63) is 35.4 Å². The van der Waals surface area contributed by atoms with E-state index < -0.39 is 0 Å². The number of likely N-dealkylation sites (tertiary alicyclic amines) is 1. The van der Waals surface area contributed by atoms with Gasteiger partial charge in [-0.1, -0.05) is 43.7 Å². The Hall–Kier alpha value is -1.59. The van der Waals surface area contributed by atoms with Crippen molar-refractivity contribution >= 4 is 5.96 Å². The molecule has 0 aromatic heterocycles. The number of aryl methyl sites for hydroxylation is 1. The zero-order valence-corrected chi connectivity index (χ0v) is 17.0. The van der Waals surface area contributed by atoms with E-state index in [1.807, 2.05) is 7.05 Å². The van der Waals surface area contributed by atoms with Gasteiger partial charge in [0.2, 0.25) is 0 Å². The Kier molecular flexibility index (Phi) is 7.91. The maximum Gasteiger partial charge on any atom is 0.193 e. The quantitative estimate of drug-likeness (QED) is 0.439. The molecule has 5 nitrogen and oxygen atoms in total. The fourth-order valence-corrected chi connectivity index (χ4v) is 3.29. The molecule has 0 bridgehead atoms. The van der Waals surface area contributed by atoms with Crippen LogP contribution in [0.25, 0.3) is 0 Å². The topological polar surface area (TPSA) is 46.1 Å². The van der Waals surface area contributed by atoms with Crippen molar-refractivity contribution in [2.45, 2.75) is 32.6 Å². The lowest BCUT2D eigenvalue weighted by Crippen LogP contribution is -2.45. The van der Waals surface area contributed by atoms with Crippen molar-refractivity contribution in [1.82, 2.24) is 10.2 Å². The third-order valence-electron chi connectivity index (χ3n) is 5.10. The third-order valence-corrected chi connectivity index (χ3v) is 5.10. The predicted octanol–water partition coefficient (Wildman–Crippen LogP) is 2.83. The predicted molar refractivity (Wildman–Crippen MR) is 108 cm³/mol. The van der Waals surface area contributed by atoms with E-state index in [1.165, 1.54) is 11.1 Å². The van der Waals surface area contributed by atoms with Crippen LogP contribution in [-0.2, 0) is 14.9 Å². The number of rotatable bonds is 8. The maximum atomic E-state index is 5.69. The molecular formula is C21H35N3O2. The van der Waals surface area contributed by atoms with Gasteiger partial charge in [0.15, 0.2) is 5.96 Å². The number of nitrogens with zero attached hydrogens (tertiary/aromatic N) is 2. The molecule has 1 unspecified atom stereocenters. The molecule has 1 aliphatic heterocycles. The van der Waals surface area contributed by atoms with E-state index in [0.29, 0.717) is 19.1 Å². The molecule has 5 heteroatoms. The van der Waals surface area contributed by atoms with Gasteiger partial charge >= 0.3 is 0 Å². The lowest BCUT2D eigenvalue weighted by atomic mass is 9.84. The van der Waals surface area contributed by atoms with Crippen LogP contribution in [0.15, 0.2) is 29.3 Å². The SMILES string of the molecule is CN=C(NCC(C)(C)c1ccc(C)cc1)N1CCC(COCCOC)C1. The van der Waals surface area contributed by atoms with Crippen LogP contribution in [0.3, 0.4) is 0 Å². The molecule has 1 aromatic carbocycles. The van der Waals surface area contributed by atoms with Crippen LogP contribution in [0, 0.1) is 12.8 Å². The normalized spacial score (nSPS) is 18.4. The van der Waals surface area contributed by atoms with Gasteiger partial charge in [-0.3, -0.25) is 4.99 Å². The second kappa shape index (κ2) is 9.93. The molecule has 0 radical (unpaired) electrons. The van der Waals surface area contributed by atoms with Gasteiger partial charge in [-0.25, -0.2) is 0 Å². The summed E-state index contributed by atoms with van der Waals surface area (Å²) in [5, 5.41) is 3.58. The van der Waals surface area contributed by atoms with Crippen molar-refractivity contribution in [1.29, 1.82) is 0 Å². The lowest BCUT2D eigenvalue weighted by Gasteiger charge is -2.29. The van der Waals surface area contributed by atoms with Gasteiger partial charge in [0.1, 0.15) is 0 Å². The van der Waals surface area contributed by atoms with Crippen molar-refractivity contribution in [3.63, 3.8) is 0 Å². The first-order valence-electron chi connectivity index (χ1n) is 9.55. The smallest absolute Gasteiger partial charge is 0.193 e. The summed E-state index contributed by atoms with van der Waals surface area (Å²) in [5.41, 5.74) is 2.69. The number of hydrogen-bond acceptors (Lipinski definition) is 3. The zero-order valence-electron chi connectivity index (χ0n) is 17.0. The molecule has 1 aliphatic rings. The molecule has 1 fully saturated rings. The summed E-state index contributed by atoms with van der Waals surface area (Å²) in [6, 6.07) is 8.81. The summed E-state index contributed by atoms with van der Waals surface area (Å²) in [6.07, 6.45) is 1.15. The number of aliphatic imine (C=N–C) groups is 1. The van der Waals surface area contributed by atoms with Crippen LogP contribution in [0.4, 0.5) is 0 Å². The molecular weight excluding hydrogens is 326 g/mol. The minimum absolute atomic E-state index is 0.0476. The Labute approximate surface area is 158 Å². The van der Waals surface area contributed by atoms with Gasteiger partial charge < -0.3 is 19.7 Å². The molecule has 1 N–H and O–H groups in total. The minimum atomic E-state index is 0.0476. The molecule has 0 saturated carbocycles. The summed E-state index contributed by atoms with van der Waals surface area (Å²) in [7, 11) is 3.57. The first-order valence-corrected chi connectivity index (χ1v) is 9.55. The van der Waals surface area contributed by atoms with E-state index in [0.717, 1.165) is 38.6 Å². The first kappa shape index (κ1) is 20.7. The Morgan fingerprint density at radius 1 is 1.27 bits per heavy atom. The van der Waals surface area contributed by atoms with Gasteiger partial charge in [-0.05, 0) is 18.9 Å². The summed E-state index contributed by atoms with van der Waals surface area (Å²) in [4.78, 5) is 6.84. The van der Waals surface area contributed by atoms with E-state index in [-0.39, 0.29) is 5.41 Å². The molecule has 1 saturated heterocycles. The Balaban J connectivity index is 1.83. The fourth-order valence-electron chi connectivity index (χ4n) is 3.29. The van der Waals surface area contributed by atoms with Crippen molar-refractivity contribution in [2.24, 2.45) is 10.9 Å². The van der Waals surface area contributed by atoms with Gasteiger partial charge in [-0.15, -0.1) is 0 Å². The Morgan fingerprint density at radius 3 is 2.65 bits per heavy atom. The highest BCUT2D eigenvalue weighted by molar-refractivity contribution is 5.80. The highest BCUT2D eigenvalue weighted by Gasteiger charge is 2.27. The number of nitrogens with one attached hydrogen (secondary N) is 1. The number of hydrogen-bond donors (Lipinski definition) is 1. The lowest BCUT2D eigenvalue weighted by molar-refractivity contribution is 0.0536. The summed E-state index contributed by atoms with van der Waals surface area (Å²) in [6.45, 7) is 11.7. The largest absolute Gasteiger partial charge is 0.382 e. The highest BCUT2D eigenvalue weighted by Crippen LogP contribution is 2.23. The number of guanidine groups is 1. The van der Waals surface area contributed by atoms with Gasteiger partial charge in [-0.2, -0.15) is 0 Å². The second-order valence-electron chi connectivity index (χ2n) is 7.82. The average molecular weight is 362 g/mol. The maximum absolute atomic E-state index is 5.69. The zero-order chi connectivity index (χ0) is 19.0. The van der Waals surface area contributed by atoms with E-state index in [2.05, 4.69) is 60.2 Å². The van der Waals surface area contributed by atoms with Crippen molar-refractivity contribution < 1.29 is 9.47 Å². The first-order chi connectivity index (χ1) is 12.5. The Bertz CT molecular complexity index is 569. The Morgan fingerprint density at radius 2 is 2.00 bits per heavy atom. The molecule has 1 aromatic rings. The number of benzene rings is 1. The number of ether oxygens (including phenoxy) is 2. The van der Waals surface area contributed by atoms with Gasteiger partial charge in [0, 0.05) is 45.1 Å².